The van der Waals surface area contributed by atoms with Crippen LogP contribution in [0.3, 0.4) is 0 Å². The normalized spacial score (nSPS) is 16.2. The molecule has 0 saturated heterocycles. The minimum atomic E-state index is -4.84. The van der Waals surface area contributed by atoms with Gasteiger partial charge in [-0.1, -0.05) is 22.8 Å². The van der Waals surface area contributed by atoms with Crippen molar-refractivity contribution >= 4 is 23.4 Å². The van der Waals surface area contributed by atoms with E-state index < -0.39 is 23.4 Å². The van der Waals surface area contributed by atoms with Crippen molar-refractivity contribution in [2.75, 3.05) is 7.05 Å². The predicted octanol–water partition coefficient (Wildman–Crippen LogP) is 2.89. The molecule has 0 radical (unpaired) electrons. The van der Waals surface area contributed by atoms with Crippen LogP contribution in [0.25, 0.3) is 0 Å². The Morgan fingerprint density at radius 3 is 2.67 bits per heavy atom. The summed E-state index contributed by atoms with van der Waals surface area (Å²) in [7, 11) is 1.14. The van der Waals surface area contributed by atoms with E-state index >= 15 is 0 Å². The summed E-state index contributed by atoms with van der Waals surface area (Å²) in [6.07, 6.45) is -3.00. The van der Waals surface area contributed by atoms with E-state index in [9.17, 15) is 18.0 Å². The Morgan fingerprint density at radius 2 is 2.21 bits per heavy atom. The number of carbonyl (C=O) groups is 1. The Kier molecular flexibility index (Phi) is 4.99. The second kappa shape index (κ2) is 6.65. The van der Waals surface area contributed by atoms with Crippen LogP contribution in [0.1, 0.15) is 18.4 Å². The number of carbonyl (C=O) groups excluding carboxylic acids is 1. The van der Waals surface area contributed by atoms with Crippen LogP contribution in [0.4, 0.5) is 13.2 Å². The van der Waals surface area contributed by atoms with E-state index in [-0.39, 0.29) is 24.5 Å². The standard InChI is InChI=1S/C14H12ClF3N4O2/c1-22(7-9-2-3-10(15)20-6-9)11(14(16,17)18)21-24-12(23)13(8-19)4-5-13/h2-3,6H,4-5,7H2,1H3/b21-11-. The van der Waals surface area contributed by atoms with Crippen LogP contribution in [0.15, 0.2) is 23.5 Å². The predicted molar refractivity (Wildman–Crippen MR) is 77.6 cm³/mol. The van der Waals surface area contributed by atoms with Gasteiger partial charge in [0, 0.05) is 19.8 Å². The number of nitrogens with zero attached hydrogens (tertiary/aromatic N) is 4. The summed E-state index contributed by atoms with van der Waals surface area (Å²) < 4.78 is 39.3. The Hall–Kier alpha value is -2.34. The van der Waals surface area contributed by atoms with Crippen LogP contribution in [-0.4, -0.2) is 34.9 Å². The van der Waals surface area contributed by atoms with Gasteiger partial charge in [-0.3, -0.25) is 0 Å². The number of pyridine rings is 1. The van der Waals surface area contributed by atoms with E-state index in [0.717, 1.165) is 11.9 Å². The van der Waals surface area contributed by atoms with Gasteiger partial charge >= 0.3 is 12.1 Å². The minimum absolute atomic E-state index is 0.177. The van der Waals surface area contributed by atoms with Crippen molar-refractivity contribution in [2.45, 2.75) is 25.6 Å². The molecule has 0 bridgehead atoms. The maximum atomic E-state index is 13.1. The van der Waals surface area contributed by atoms with Gasteiger partial charge in [-0.25, -0.2) is 9.78 Å². The fourth-order valence-electron chi connectivity index (χ4n) is 1.85. The number of hydrogen-bond donors (Lipinski definition) is 0. The van der Waals surface area contributed by atoms with Gasteiger partial charge in [-0.2, -0.15) is 18.4 Å². The van der Waals surface area contributed by atoms with Crippen molar-refractivity contribution in [1.82, 2.24) is 9.88 Å². The lowest BCUT2D eigenvalue weighted by Gasteiger charge is -2.22. The molecule has 1 fully saturated rings. The molecule has 0 N–H and O–H groups in total. The fraction of sp³-hybridized carbons (Fsp3) is 0.429. The van der Waals surface area contributed by atoms with Crippen molar-refractivity contribution in [2.24, 2.45) is 10.6 Å². The van der Waals surface area contributed by atoms with Gasteiger partial charge in [-0.15, -0.1) is 0 Å². The number of oxime groups is 1. The van der Waals surface area contributed by atoms with Crippen LogP contribution in [0, 0.1) is 16.7 Å². The molecule has 1 aliphatic carbocycles. The number of rotatable bonds is 4. The molecular formula is C14H12ClF3N4O2. The number of hydrogen-bond acceptors (Lipinski definition) is 5. The van der Waals surface area contributed by atoms with Crippen LogP contribution in [0.2, 0.25) is 5.15 Å². The number of halogens is 4. The molecule has 0 unspecified atom stereocenters. The number of alkyl halides is 3. The maximum Gasteiger partial charge on any atom is 0.452 e. The highest BCUT2D eigenvalue weighted by molar-refractivity contribution is 6.29. The van der Waals surface area contributed by atoms with Gasteiger partial charge in [0.1, 0.15) is 5.15 Å². The van der Waals surface area contributed by atoms with Crippen molar-refractivity contribution in [3.05, 3.63) is 29.0 Å². The Bertz CT molecular complexity index is 693. The lowest BCUT2D eigenvalue weighted by molar-refractivity contribution is -0.148. The second-order valence-corrected chi connectivity index (χ2v) is 5.72. The van der Waals surface area contributed by atoms with Crippen LogP contribution in [0.5, 0.6) is 0 Å². The number of nitriles is 1. The highest BCUT2D eigenvalue weighted by Gasteiger charge is 2.53. The molecule has 0 aliphatic heterocycles. The van der Waals surface area contributed by atoms with Gasteiger partial charge in [-0.05, 0) is 24.5 Å². The molecule has 0 spiro atoms. The van der Waals surface area contributed by atoms with Gasteiger partial charge < -0.3 is 9.74 Å². The lowest BCUT2D eigenvalue weighted by Crippen LogP contribution is -2.39. The number of aromatic nitrogens is 1. The van der Waals surface area contributed by atoms with Crippen molar-refractivity contribution in [3.8, 4) is 6.07 Å². The molecule has 1 saturated carbocycles. The third-order valence-corrected chi connectivity index (χ3v) is 3.62. The average Bonchev–Trinajstić information content (AvgIpc) is 3.29. The van der Waals surface area contributed by atoms with E-state index in [0.29, 0.717) is 5.56 Å². The second-order valence-electron chi connectivity index (χ2n) is 5.33. The van der Waals surface area contributed by atoms with E-state index in [4.69, 9.17) is 16.9 Å². The lowest BCUT2D eigenvalue weighted by atomic mass is 10.1. The first-order chi connectivity index (χ1) is 11.2. The highest BCUT2D eigenvalue weighted by atomic mass is 35.5. The van der Waals surface area contributed by atoms with Crippen LogP contribution >= 0.6 is 11.6 Å². The maximum absolute atomic E-state index is 13.1. The minimum Gasteiger partial charge on any atom is -0.348 e. The molecule has 6 nitrogen and oxygen atoms in total. The summed E-state index contributed by atoms with van der Waals surface area (Å²) in [6.45, 7) is -0.177. The molecule has 1 aromatic rings. The molecule has 1 heterocycles. The fourth-order valence-corrected chi connectivity index (χ4v) is 1.96. The van der Waals surface area contributed by atoms with Crippen LogP contribution < -0.4 is 0 Å². The molecule has 0 amide bonds. The zero-order valence-corrected chi connectivity index (χ0v) is 13.2. The van der Waals surface area contributed by atoms with E-state index in [2.05, 4.69) is 15.0 Å². The molecule has 10 heteroatoms. The summed E-state index contributed by atoms with van der Waals surface area (Å²) in [5.74, 6) is -2.46. The summed E-state index contributed by atoms with van der Waals surface area (Å²) in [5, 5.41) is 12.0. The van der Waals surface area contributed by atoms with E-state index in [1.54, 1.807) is 6.07 Å². The topological polar surface area (TPSA) is 78.6 Å². The Morgan fingerprint density at radius 1 is 1.54 bits per heavy atom. The molecule has 1 aromatic heterocycles. The third-order valence-electron chi connectivity index (χ3n) is 3.39. The SMILES string of the molecule is CN(Cc1ccc(Cl)nc1)/C(=N\OC(=O)C1(C#N)CC1)C(F)(F)F. The molecule has 0 aromatic carbocycles. The monoisotopic (exact) mass is 360 g/mol. The first kappa shape index (κ1) is 18.0. The molecule has 0 atom stereocenters. The largest absolute Gasteiger partial charge is 0.452 e. The molecular weight excluding hydrogens is 349 g/mol. The van der Waals surface area contributed by atoms with Crippen molar-refractivity contribution < 1.29 is 22.8 Å². The summed E-state index contributed by atoms with van der Waals surface area (Å²) in [6, 6.07) is 4.69. The zero-order valence-electron chi connectivity index (χ0n) is 12.5. The van der Waals surface area contributed by atoms with Crippen LogP contribution in [-0.2, 0) is 16.2 Å². The first-order valence-corrected chi connectivity index (χ1v) is 7.15. The van der Waals surface area contributed by atoms with Gasteiger partial charge in [0.15, 0.2) is 5.41 Å². The van der Waals surface area contributed by atoms with Gasteiger partial charge in [0.25, 0.3) is 5.84 Å². The Balaban J connectivity index is 2.12. The number of amidine groups is 1. The third kappa shape index (κ3) is 4.14. The van der Waals surface area contributed by atoms with Crippen molar-refractivity contribution in [3.63, 3.8) is 0 Å². The summed E-state index contributed by atoms with van der Waals surface area (Å²) in [4.78, 5) is 20.5. The van der Waals surface area contributed by atoms with Crippen molar-refractivity contribution in [1.29, 1.82) is 5.26 Å². The first-order valence-electron chi connectivity index (χ1n) is 6.77. The van der Waals surface area contributed by atoms with E-state index in [1.807, 2.05) is 0 Å². The molecule has 2 rings (SSSR count). The quantitative estimate of drug-likeness (QED) is 0.271. The molecule has 1 aliphatic rings. The molecule has 24 heavy (non-hydrogen) atoms. The molecule has 128 valence electrons. The summed E-state index contributed by atoms with van der Waals surface area (Å²) >= 11 is 5.62. The average molecular weight is 361 g/mol. The smallest absolute Gasteiger partial charge is 0.348 e. The van der Waals surface area contributed by atoms with Gasteiger partial charge in [0.2, 0.25) is 0 Å². The Labute approximate surface area is 140 Å². The van der Waals surface area contributed by atoms with E-state index in [1.165, 1.54) is 18.3 Å². The zero-order chi connectivity index (χ0) is 18.0. The summed E-state index contributed by atoms with van der Waals surface area (Å²) in [5.41, 5.74) is -0.903. The van der Waals surface area contributed by atoms with Gasteiger partial charge in [0.05, 0.1) is 6.07 Å². The highest BCUT2D eigenvalue weighted by Crippen LogP contribution is 2.46.